The molecule has 0 spiro atoms. The number of carboxylic acids is 1. The first-order valence-electron chi connectivity index (χ1n) is 7.32. The van der Waals surface area contributed by atoms with Gasteiger partial charge in [0.2, 0.25) is 0 Å². The minimum absolute atomic E-state index is 0.00473. The number of halogens is 1. The molecular weight excluding hydrogens is 289 g/mol. The quantitative estimate of drug-likeness (QED) is 0.908. The molecule has 1 fully saturated rings. The number of rotatable bonds is 5. The van der Waals surface area contributed by atoms with Crippen LogP contribution >= 0.6 is 0 Å². The number of nitrogens with zero attached hydrogens (tertiary/aromatic N) is 1. The van der Waals surface area contributed by atoms with Crippen LogP contribution in [0.1, 0.15) is 24.8 Å². The summed E-state index contributed by atoms with van der Waals surface area (Å²) in [5.41, 5.74) is -0.157. The van der Waals surface area contributed by atoms with E-state index in [1.807, 2.05) is 30.3 Å². The molecule has 0 unspecified atom stereocenters. The number of carbonyl (C=O) groups excluding carboxylic acids is 1. The number of hydrogen-bond donors (Lipinski definition) is 1. The van der Waals surface area contributed by atoms with Crippen molar-refractivity contribution in [3.05, 3.63) is 35.9 Å². The van der Waals surface area contributed by atoms with Gasteiger partial charge in [-0.1, -0.05) is 30.3 Å². The highest BCUT2D eigenvalue weighted by Crippen LogP contribution is 2.35. The predicted molar refractivity (Wildman–Crippen MR) is 78.1 cm³/mol. The van der Waals surface area contributed by atoms with Crippen LogP contribution in [0.4, 0.5) is 9.18 Å². The number of likely N-dealkylation sites (tertiary alicyclic amines) is 1. The molecule has 22 heavy (non-hydrogen) atoms. The lowest BCUT2D eigenvalue weighted by atomic mass is 9.76. The maximum absolute atomic E-state index is 12.6. The number of ether oxygens (including phenoxy) is 1. The standard InChI is InChI=1S/C16H20FNO4/c17-9-6-16(14(19)20)7-10-18(11-8-16)15(21)22-12-13-4-2-1-3-5-13/h1-5H,6-12H2,(H,19,20). The van der Waals surface area contributed by atoms with E-state index in [1.54, 1.807) is 0 Å². The molecule has 1 aromatic rings. The first-order chi connectivity index (χ1) is 10.6. The number of aliphatic carboxylic acids is 1. The molecule has 0 saturated carbocycles. The summed E-state index contributed by atoms with van der Waals surface area (Å²) in [6.07, 6.45) is 0.0531. The Morgan fingerprint density at radius 3 is 2.41 bits per heavy atom. The summed E-state index contributed by atoms with van der Waals surface area (Å²) in [5.74, 6) is -0.984. The fourth-order valence-electron chi connectivity index (χ4n) is 2.68. The van der Waals surface area contributed by atoms with E-state index < -0.39 is 24.2 Å². The van der Waals surface area contributed by atoms with Crippen molar-refractivity contribution in [3.8, 4) is 0 Å². The Balaban J connectivity index is 1.85. The van der Waals surface area contributed by atoms with Crippen molar-refractivity contribution in [2.75, 3.05) is 19.8 Å². The Hall–Kier alpha value is -2.11. The normalized spacial score (nSPS) is 17.0. The van der Waals surface area contributed by atoms with E-state index in [0.29, 0.717) is 0 Å². The molecule has 0 bridgehead atoms. The molecule has 0 aromatic heterocycles. The third kappa shape index (κ3) is 3.75. The van der Waals surface area contributed by atoms with Crippen LogP contribution in [0.25, 0.3) is 0 Å². The lowest BCUT2D eigenvalue weighted by Gasteiger charge is -2.37. The maximum Gasteiger partial charge on any atom is 0.410 e. The van der Waals surface area contributed by atoms with Crippen LogP contribution in [-0.2, 0) is 16.1 Å². The molecule has 0 aliphatic carbocycles. The van der Waals surface area contributed by atoms with E-state index in [1.165, 1.54) is 4.90 Å². The van der Waals surface area contributed by atoms with Gasteiger partial charge in [-0.15, -0.1) is 0 Å². The molecule has 1 aliphatic heterocycles. The van der Waals surface area contributed by atoms with Gasteiger partial charge in [-0.05, 0) is 24.8 Å². The van der Waals surface area contributed by atoms with Gasteiger partial charge in [-0.25, -0.2) is 4.79 Å². The summed E-state index contributed by atoms with van der Waals surface area (Å²) in [4.78, 5) is 24.8. The fraction of sp³-hybridized carbons (Fsp3) is 0.500. The smallest absolute Gasteiger partial charge is 0.410 e. The van der Waals surface area contributed by atoms with Crippen LogP contribution in [0.5, 0.6) is 0 Å². The Labute approximate surface area is 128 Å². The highest BCUT2D eigenvalue weighted by Gasteiger charge is 2.42. The number of piperidine rings is 1. The van der Waals surface area contributed by atoms with E-state index in [9.17, 15) is 19.1 Å². The van der Waals surface area contributed by atoms with Crippen molar-refractivity contribution in [1.82, 2.24) is 4.90 Å². The van der Waals surface area contributed by atoms with Crippen LogP contribution in [0.3, 0.4) is 0 Å². The summed E-state index contributed by atoms with van der Waals surface area (Å²) in [6.45, 7) is 0.0787. The van der Waals surface area contributed by atoms with Gasteiger partial charge in [0.25, 0.3) is 0 Å². The molecule has 0 atom stereocenters. The molecule has 1 N–H and O–H groups in total. The number of carboxylic acid groups (broad SMARTS) is 1. The number of amides is 1. The van der Waals surface area contributed by atoms with Crippen molar-refractivity contribution < 1.29 is 23.8 Å². The summed E-state index contributed by atoms with van der Waals surface area (Å²) in [5, 5.41) is 9.30. The average Bonchev–Trinajstić information content (AvgIpc) is 2.54. The SMILES string of the molecule is O=C(OCc1ccccc1)N1CCC(CCF)(C(=O)O)CC1. The minimum Gasteiger partial charge on any atom is -0.481 e. The summed E-state index contributed by atoms with van der Waals surface area (Å²) < 4.78 is 17.8. The molecule has 5 nitrogen and oxygen atoms in total. The highest BCUT2D eigenvalue weighted by molar-refractivity contribution is 5.75. The average molecular weight is 309 g/mol. The summed E-state index contributed by atoms with van der Waals surface area (Å²) in [7, 11) is 0. The van der Waals surface area contributed by atoms with Gasteiger partial charge in [0, 0.05) is 13.1 Å². The van der Waals surface area contributed by atoms with Crippen LogP contribution in [0.2, 0.25) is 0 Å². The third-order valence-corrected chi connectivity index (χ3v) is 4.21. The number of benzene rings is 1. The zero-order chi connectivity index (χ0) is 16.0. The van der Waals surface area contributed by atoms with Gasteiger partial charge in [0.05, 0.1) is 12.1 Å². The maximum atomic E-state index is 12.6. The number of alkyl halides is 1. The first-order valence-corrected chi connectivity index (χ1v) is 7.32. The Morgan fingerprint density at radius 1 is 1.23 bits per heavy atom. The van der Waals surface area contributed by atoms with Crippen LogP contribution in [0, 0.1) is 5.41 Å². The van der Waals surface area contributed by atoms with E-state index in [2.05, 4.69) is 0 Å². The topological polar surface area (TPSA) is 66.8 Å². The molecule has 1 heterocycles. The third-order valence-electron chi connectivity index (χ3n) is 4.21. The van der Waals surface area contributed by atoms with Gasteiger partial charge in [-0.2, -0.15) is 0 Å². The van der Waals surface area contributed by atoms with Gasteiger partial charge >= 0.3 is 12.1 Å². The Morgan fingerprint density at radius 2 is 1.86 bits per heavy atom. The first kappa shape index (κ1) is 16.3. The molecule has 2 rings (SSSR count). The van der Waals surface area contributed by atoms with Crippen molar-refractivity contribution in [3.63, 3.8) is 0 Å². The van der Waals surface area contributed by atoms with Crippen molar-refractivity contribution in [2.24, 2.45) is 5.41 Å². The number of carbonyl (C=O) groups is 2. The van der Waals surface area contributed by atoms with Crippen molar-refractivity contribution >= 4 is 12.1 Å². The zero-order valence-corrected chi connectivity index (χ0v) is 12.3. The van der Waals surface area contributed by atoms with Gasteiger partial charge in [-0.3, -0.25) is 9.18 Å². The molecule has 0 radical (unpaired) electrons. The minimum atomic E-state index is -1.05. The molecular formula is C16H20FNO4. The lowest BCUT2D eigenvalue weighted by Crippen LogP contribution is -2.47. The Bertz CT molecular complexity index is 512. The van der Waals surface area contributed by atoms with E-state index in [0.717, 1.165) is 5.56 Å². The molecule has 1 aromatic carbocycles. The largest absolute Gasteiger partial charge is 0.481 e. The van der Waals surface area contributed by atoms with E-state index in [-0.39, 0.29) is 39.0 Å². The molecule has 1 aliphatic rings. The Kier molecular flexibility index (Phi) is 5.35. The fourth-order valence-corrected chi connectivity index (χ4v) is 2.68. The van der Waals surface area contributed by atoms with E-state index >= 15 is 0 Å². The monoisotopic (exact) mass is 309 g/mol. The highest BCUT2D eigenvalue weighted by atomic mass is 19.1. The second-order valence-electron chi connectivity index (χ2n) is 5.55. The second kappa shape index (κ2) is 7.24. The zero-order valence-electron chi connectivity index (χ0n) is 12.3. The molecule has 1 saturated heterocycles. The van der Waals surface area contributed by atoms with Gasteiger partial charge in [0.15, 0.2) is 0 Å². The lowest BCUT2D eigenvalue weighted by molar-refractivity contribution is -0.152. The second-order valence-corrected chi connectivity index (χ2v) is 5.55. The predicted octanol–water partition coefficient (Wildman–Crippen LogP) is 2.85. The van der Waals surface area contributed by atoms with Crippen LogP contribution < -0.4 is 0 Å². The number of hydrogen-bond acceptors (Lipinski definition) is 3. The summed E-state index contributed by atoms with van der Waals surface area (Å²) in [6, 6.07) is 9.33. The van der Waals surface area contributed by atoms with Crippen LogP contribution in [-0.4, -0.2) is 41.8 Å². The van der Waals surface area contributed by atoms with E-state index in [4.69, 9.17) is 4.74 Å². The van der Waals surface area contributed by atoms with Gasteiger partial charge < -0.3 is 14.7 Å². The van der Waals surface area contributed by atoms with Crippen molar-refractivity contribution in [2.45, 2.75) is 25.9 Å². The molecule has 1 amide bonds. The van der Waals surface area contributed by atoms with Gasteiger partial charge in [0.1, 0.15) is 6.61 Å². The summed E-state index contributed by atoms with van der Waals surface area (Å²) >= 11 is 0. The molecule has 120 valence electrons. The molecule has 6 heteroatoms. The van der Waals surface area contributed by atoms with Crippen molar-refractivity contribution in [1.29, 1.82) is 0 Å². The van der Waals surface area contributed by atoms with Crippen LogP contribution in [0.15, 0.2) is 30.3 Å².